The van der Waals surface area contributed by atoms with Gasteiger partial charge in [0.2, 0.25) is 0 Å². The highest BCUT2D eigenvalue weighted by Gasteiger charge is 2.04. The number of aromatic nitrogens is 1. The maximum atomic E-state index is 4.63. The largest absolute Gasteiger partial charge is 0.357 e. The Bertz CT molecular complexity index is 595. The molecule has 4 nitrogen and oxygen atoms in total. The molecular formula is C16H21IN4S. The van der Waals surface area contributed by atoms with Gasteiger partial charge < -0.3 is 10.6 Å². The van der Waals surface area contributed by atoms with Gasteiger partial charge in [0.1, 0.15) is 5.01 Å². The molecule has 1 aromatic carbocycles. The van der Waals surface area contributed by atoms with E-state index in [9.17, 15) is 0 Å². The van der Waals surface area contributed by atoms with Crippen LogP contribution in [0.25, 0.3) is 10.6 Å². The van der Waals surface area contributed by atoms with Gasteiger partial charge in [-0.1, -0.05) is 36.4 Å². The predicted molar refractivity (Wildman–Crippen MR) is 106 cm³/mol. The van der Waals surface area contributed by atoms with E-state index in [0.717, 1.165) is 28.8 Å². The summed E-state index contributed by atoms with van der Waals surface area (Å²) in [4.78, 5) is 9.15. The summed E-state index contributed by atoms with van der Waals surface area (Å²) < 4.78 is 0. The minimum Gasteiger partial charge on any atom is -0.357 e. The van der Waals surface area contributed by atoms with Gasteiger partial charge >= 0.3 is 0 Å². The zero-order valence-electron chi connectivity index (χ0n) is 12.6. The summed E-state index contributed by atoms with van der Waals surface area (Å²) in [5.41, 5.74) is 2.13. The van der Waals surface area contributed by atoms with Crippen LogP contribution in [0.1, 0.15) is 12.6 Å². The number of halogens is 1. The van der Waals surface area contributed by atoms with Gasteiger partial charge in [-0.2, -0.15) is 0 Å². The molecule has 0 fully saturated rings. The molecule has 0 amide bonds. The van der Waals surface area contributed by atoms with Crippen LogP contribution in [0.2, 0.25) is 0 Å². The van der Waals surface area contributed by atoms with E-state index in [1.54, 1.807) is 11.3 Å². The lowest BCUT2D eigenvalue weighted by molar-refractivity contribution is 0.855. The Morgan fingerprint density at radius 3 is 2.77 bits per heavy atom. The van der Waals surface area contributed by atoms with E-state index < -0.39 is 0 Å². The fraction of sp³-hybridized carbons (Fsp3) is 0.250. The second-order valence-electron chi connectivity index (χ2n) is 4.37. The minimum atomic E-state index is 0. The van der Waals surface area contributed by atoms with Crippen molar-refractivity contribution >= 4 is 41.3 Å². The van der Waals surface area contributed by atoms with Crippen LogP contribution < -0.4 is 10.6 Å². The van der Waals surface area contributed by atoms with Gasteiger partial charge in [-0.25, -0.2) is 9.98 Å². The molecule has 2 N–H and O–H groups in total. The lowest BCUT2D eigenvalue weighted by atomic mass is 10.2. The number of aliphatic imine (C=N–C) groups is 1. The van der Waals surface area contributed by atoms with Crippen LogP contribution in [0.4, 0.5) is 0 Å². The van der Waals surface area contributed by atoms with E-state index in [2.05, 4.69) is 44.7 Å². The Hall–Kier alpha value is -1.41. The zero-order chi connectivity index (χ0) is 14.9. The van der Waals surface area contributed by atoms with Gasteiger partial charge in [-0.3, -0.25) is 0 Å². The lowest BCUT2D eigenvalue weighted by Crippen LogP contribution is -2.37. The molecule has 0 saturated heterocycles. The molecule has 6 heteroatoms. The van der Waals surface area contributed by atoms with E-state index in [4.69, 9.17) is 0 Å². The Kier molecular flexibility index (Phi) is 8.76. The van der Waals surface area contributed by atoms with E-state index in [-0.39, 0.29) is 24.0 Å². The number of benzene rings is 1. The van der Waals surface area contributed by atoms with Crippen molar-refractivity contribution < 1.29 is 0 Å². The summed E-state index contributed by atoms with van der Waals surface area (Å²) in [6.45, 7) is 7.82. The highest BCUT2D eigenvalue weighted by atomic mass is 127. The van der Waals surface area contributed by atoms with Crippen molar-refractivity contribution in [3.05, 3.63) is 54.1 Å². The molecule has 0 unspecified atom stereocenters. The van der Waals surface area contributed by atoms with Crippen molar-refractivity contribution in [1.82, 2.24) is 15.6 Å². The quantitative estimate of drug-likeness (QED) is 0.320. The highest BCUT2D eigenvalue weighted by Crippen LogP contribution is 2.23. The van der Waals surface area contributed by atoms with Crippen molar-refractivity contribution in [2.45, 2.75) is 13.5 Å². The van der Waals surface area contributed by atoms with Crippen LogP contribution in [-0.4, -0.2) is 24.0 Å². The van der Waals surface area contributed by atoms with E-state index in [0.29, 0.717) is 13.1 Å². The number of hydrogen-bond acceptors (Lipinski definition) is 3. The molecule has 0 aliphatic carbocycles. The summed E-state index contributed by atoms with van der Waals surface area (Å²) in [6.07, 6.45) is 1.81. The molecule has 0 radical (unpaired) electrons. The van der Waals surface area contributed by atoms with Crippen molar-refractivity contribution in [1.29, 1.82) is 0 Å². The van der Waals surface area contributed by atoms with Crippen LogP contribution >= 0.6 is 35.3 Å². The SMILES string of the molecule is C=CCNC(=NCc1csc(-c2ccccc2)n1)NCC.I. The second kappa shape index (κ2) is 10.3. The lowest BCUT2D eigenvalue weighted by Gasteiger charge is -2.08. The third kappa shape index (κ3) is 5.76. The molecule has 0 aliphatic heterocycles. The van der Waals surface area contributed by atoms with Crippen LogP contribution in [0.15, 0.2) is 53.4 Å². The Morgan fingerprint density at radius 1 is 1.32 bits per heavy atom. The Morgan fingerprint density at radius 2 is 2.09 bits per heavy atom. The molecule has 118 valence electrons. The van der Waals surface area contributed by atoms with Crippen molar-refractivity contribution in [3.8, 4) is 10.6 Å². The number of thiazole rings is 1. The smallest absolute Gasteiger partial charge is 0.191 e. The standard InChI is InChI=1S/C16H20N4S.HI/c1-3-10-18-16(17-4-2)19-11-14-12-21-15(20-14)13-8-6-5-7-9-13;/h3,5-9,12H,1,4,10-11H2,2H3,(H2,17,18,19);1H. The average molecular weight is 428 g/mol. The molecule has 0 saturated carbocycles. The van der Waals surface area contributed by atoms with Crippen molar-refractivity contribution in [2.24, 2.45) is 4.99 Å². The molecule has 2 aromatic rings. The molecule has 0 aliphatic rings. The molecule has 1 aromatic heterocycles. The Labute approximate surface area is 152 Å². The first kappa shape index (κ1) is 18.6. The van der Waals surface area contributed by atoms with Crippen LogP contribution in [0.3, 0.4) is 0 Å². The first-order chi connectivity index (χ1) is 10.3. The Balaban J connectivity index is 0.00000242. The molecule has 0 atom stereocenters. The van der Waals surface area contributed by atoms with Gasteiger partial charge in [0.05, 0.1) is 12.2 Å². The minimum absolute atomic E-state index is 0. The molecule has 22 heavy (non-hydrogen) atoms. The summed E-state index contributed by atoms with van der Waals surface area (Å²) in [7, 11) is 0. The topological polar surface area (TPSA) is 49.3 Å². The maximum absolute atomic E-state index is 4.63. The number of guanidine groups is 1. The molecular weight excluding hydrogens is 407 g/mol. The molecule has 2 rings (SSSR count). The first-order valence-corrected chi connectivity index (χ1v) is 7.84. The molecule has 1 heterocycles. The van der Waals surface area contributed by atoms with E-state index >= 15 is 0 Å². The maximum Gasteiger partial charge on any atom is 0.191 e. The van der Waals surface area contributed by atoms with Gasteiger partial charge in [0.15, 0.2) is 5.96 Å². The number of rotatable bonds is 6. The van der Waals surface area contributed by atoms with Crippen molar-refractivity contribution in [3.63, 3.8) is 0 Å². The van der Waals surface area contributed by atoms with Crippen LogP contribution in [0.5, 0.6) is 0 Å². The van der Waals surface area contributed by atoms with Gasteiger partial charge in [-0.05, 0) is 6.92 Å². The predicted octanol–water partition coefficient (Wildman–Crippen LogP) is 3.67. The van der Waals surface area contributed by atoms with Gasteiger partial charge in [-0.15, -0.1) is 41.9 Å². The fourth-order valence-electron chi connectivity index (χ4n) is 1.76. The summed E-state index contributed by atoms with van der Waals surface area (Å²) in [5, 5.41) is 9.46. The number of nitrogens with one attached hydrogen (secondary N) is 2. The normalized spacial score (nSPS) is 10.7. The summed E-state index contributed by atoms with van der Waals surface area (Å²) in [6, 6.07) is 10.2. The second-order valence-corrected chi connectivity index (χ2v) is 5.23. The molecule has 0 spiro atoms. The summed E-state index contributed by atoms with van der Waals surface area (Å²) in [5.74, 6) is 0.784. The van der Waals surface area contributed by atoms with E-state index in [1.807, 2.05) is 31.2 Å². The molecule has 0 bridgehead atoms. The number of nitrogens with zero attached hydrogens (tertiary/aromatic N) is 2. The van der Waals surface area contributed by atoms with Crippen LogP contribution in [-0.2, 0) is 6.54 Å². The fourth-order valence-corrected chi connectivity index (χ4v) is 2.58. The first-order valence-electron chi connectivity index (χ1n) is 6.96. The van der Waals surface area contributed by atoms with Crippen molar-refractivity contribution in [2.75, 3.05) is 13.1 Å². The van der Waals surface area contributed by atoms with Gasteiger partial charge in [0, 0.05) is 24.0 Å². The third-order valence-corrected chi connectivity index (χ3v) is 3.67. The van der Waals surface area contributed by atoms with Crippen LogP contribution in [0, 0.1) is 0 Å². The highest BCUT2D eigenvalue weighted by molar-refractivity contribution is 14.0. The number of hydrogen-bond donors (Lipinski definition) is 2. The zero-order valence-corrected chi connectivity index (χ0v) is 15.7. The summed E-state index contributed by atoms with van der Waals surface area (Å²) >= 11 is 1.65. The monoisotopic (exact) mass is 428 g/mol. The average Bonchev–Trinajstić information content (AvgIpc) is 3.00. The third-order valence-electron chi connectivity index (χ3n) is 2.73. The van der Waals surface area contributed by atoms with E-state index in [1.165, 1.54) is 0 Å². The van der Waals surface area contributed by atoms with Gasteiger partial charge in [0.25, 0.3) is 0 Å².